The van der Waals surface area contributed by atoms with Crippen LogP contribution in [0.5, 0.6) is 0 Å². The number of carbonyl (C=O) groups is 1. The van der Waals surface area contributed by atoms with E-state index in [1.54, 1.807) is 12.1 Å². The number of rotatable bonds is 5. The molecule has 0 saturated carbocycles. The van der Waals surface area contributed by atoms with Gasteiger partial charge < -0.3 is 4.74 Å². The minimum absolute atomic E-state index is 0.146. The highest BCUT2D eigenvalue weighted by molar-refractivity contribution is 9.10. The summed E-state index contributed by atoms with van der Waals surface area (Å²) < 4.78 is 17.6. The Labute approximate surface area is 125 Å². The molecule has 0 fully saturated rings. The fourth-order valence-corrected chi connectivity index (χ4v) is 3.63. The van der Waals surface area contributed by atoms with E-state index < -0.39 is 10.8 Å². The Hall–Kier alpha value is -0.680. The van der Waals surface area contributed by atoms with Gasteiger partial charge in [0.05, 0.1) is 12.7 Å². The maximum Gasteiger partial charge on any atom is 0.337 e. The van der Waals surface area contributed by atoms with Crippen molar-refractivity contribution in [2.75, 3.05) is 7.11 Å². The minimum Gasteiger partial charge on any atom is -0.465 e. The third-order valence-corrected chi connectivity index (χ3v) is 5.83. The van der Waals surface area contributed by atoms with Crippen molar-refractivity contribution in [2.45, 2.75) is 31.8 Å². The summed E-state index contributed by atoms with van der Waals surface area (Å²) in [5.41, 5.74) is 1.43. The molecule has 2 atom stereocenters. The molecule has 5 heteroatoms. The van der Waals surface area contributed by atoms with Crippen LogP contribution in [-0.4, -0.2) is 22.5 Å². The van der Waals surface area contributed by atoms with E-state index in [1.165, 1.54) is 7.11 Å². The van der Waals surface area contributed by atoms with Gasteiger partial charge in [0.2, 0.25) is 0 Å². The molecule has 3 nitrogen and oxygen atoms in total. The van der Waals surface area contributed by atoms with Crippen LogP contribution in [0.2, 0.25) is 0 Å². The van der Waals surface area contributed by atoms with Crippen LogP contribution in [0.4, 0.5) is 0 Å². The first kappa shape index (κ1) is 16.4. The van der Waals surface area contributed by atoms with Crippen LogP contribution in [0, 0.1) is 5.92 Å². The van der Waals surface area contributed by atoms with Crippen molar-refractivity contribution in [1.82, 2.24) is 0 Å². The highest BCUT2D eigenvalue weighted by atomic mass is 79.9. The summed E-state index contributed by atoms with van der Waals surface area (Å²) in [5.74, 6) is 0.499. The molecule has 1 aromatic carbocycles. The molecule has 19 heavy (non-hydrogen) atoms. The second-order valence-electron chi connectivity index (χ2n) is 4.77. The Morgan fingerprint density at radius 3 is 2.47 bits per heavy atom. The fourth-order valence-electron chi connectivity index (χ4n) is 1.50. The Balaban J connectivity index is 2.86. The molecule has 106 valence electrons. The second-order valence-corrected chi connectivity index (χ2v) is 7.42. The summed E-state index contributed by atoms with van der Waals surface area (Å²) in [7, 11) is 0.429. The van der Waals surface area contributed by atoms with Crippen molar-refractivity contribution in [3.63, 3.8) is 0 Å². The van der Waals surface area contributed by atoms with Gasteiger partial charge in [0, 0.05) is 26.3 Å². The molecule has 0 radical (unpaired) electrons. The molecule has 1 aromatic rings. The molecule has 0 aromatic heterocycles. The summed E-state index contributed by atoms with van der Waals surface area (Å²) in [6, 6.07) is 5.23. The van der Waals surface area contributed by atoms with Gasteiger partial charge in [0.1, 0.15) is 0 Å². The first-order chi connectivity index (χ1) is 8.86. The third-order valence-electron chi connectivity index (χ3n) is 3.13. The summed E-state index contributed by atoms with van der Waals surface area (Å²) in [4.78, 5) is 11.4. The van der Waals surface area contributed by atoms with E-state index >= 15 is 0 Å². The van der Waals surface area contributed by atoms with Crippen molar-refractivity contribution >= 4 is 32.7 Å². The van der Waals surface area contributed by atoms with Crippen molar-refractivity contribution in [3.05, 3.63) is 33.8 Å². The van der Waals surface area contributed by atoms with Gasteiger partial charge in [0.25, 0.3) is 0 Å². The summed E-state index contributed by atoms with van der Waals surface area (Å²) >= 11 is 3.42. The van der Waals surface area contributed by atoms with E-state index in [0.29, 0.717) is 17.2 Å². The van der Waals surface area contributed by atoms with Gasteiger partial charge in [-0.2, -0.15) is 0 Å². The number of halogens is 1. The van der Waals surface area contributed by atoms with Gasteiger partial charge in [-0.15, -0.1) is 0 Å². The molecule has 0 N–H and O–H groups in total. The SMILES string of the molecule is COC(=O)c1ccc(CS(=O)C(C)C(C)C)c(Br)c1. The standard InChI is InChI=1S/C14H19BrO3S/c1-9(2)10(3)19(17)8-12-6-5-11(7-13(12)15)14(16)18-4/h5-7,9-10H,8H2,1-4H3. The predicted octanol–water partition coefficient (Wildman–Crippen LogP) is 3.53. The lowest BCUT2D eigenvalue weighted by Gasteiger charge is -2.15. The lowest BCUT2D eigenvalue weighted by atomic mass is 10.1. The van der Waals surface area contributed by atoms with Gasteiger partial charge in [-0.05, 0) is 23.6 Å². The van der Waals surface area contributed by atoms with Crippen LogP contribution in [0.25, 0.3) is 0 Å². The van der Waals surface area contributed by atoms with Gasteiger partial charge in [0.15, 0.2) is 0 Å². The highest BCUT2D eigenvalue weighted by Crippen LogP contribution is 2.22. The Bertz CT molecular complexity index is 486. The average molecular weight is 347 g/mol. The Morgan fingerprint density at radius 1 is 1.37 bits per heavy atom. The fraction of sp³-hybridized carbons (Fsp3) is 0.500. The zero-order valence-electron chi connectivity index (χ0n) is 11.6. The van der Waals surface area contributed by atoms with Crippen LogP contribution in [-0.2, 0) is 21.3 Å². The topological polar surface area (TPSA) is 43.4 Å². The first-order valence-corrected chi connectivity index (χ1v) is 8.28. The van der Waals surface area contributed by atoms with Gasteiger partial charge >= 0.3 is 5.97 Å². The molecule has 1 rings (SSSR count). The molecule has 0 aliphatic rings. The quantitative estimate of drug-likeness (QED) is 0.766. The number of ether oxygens (including phenoxy) is 1. The van der Waals surface area contributed by atoms with Crippen molar-refractivity contribution in [3.8, 4) is 0 Å². The van der Waals surface area contributed by atoms with E-state index in [4.69, 9.17) is 0 Å². The Morgan fingerprint density at radius 2 is 2.00 bits per heavy atom. The zero-order valence-corrected chi connectivity index (χ0v) is 14.0. The number of hydrogen-bond acceptors (Lipinski definition) is 3. The van der Waals surface area contributed by atoms with Crippen LogP contribution < -0.4 is 0 Å². The maximum absolute atomic E-state index is 12.2. The molecular weight excluding hydrogens is 328 g/mol. The smallest absolute Gasteiger partial charge is 0.337 e. The van der Waals surface area contributed by atoms with Crippen LogP contribution in [0.3, 0.4) is 0 Å². The number of benzene rings is 1. The number of carbonyl (C=O) groups excluding carboxylic acids is 1. The molecule has 0 amide bonds. The molecule has 2 unspecified atom stereocenters. The summed E-state index contributed by atoms with van der Waals surface area (Å²) in [6.07, 6.45) is 0. The van der Waals surface area contributed by atoms with Crippen LogP contribution in [0.15, 0.2) is 22.7 Å². The third kappa shape index (κ3) is 4.42. The zero-order chi connectivity index (χ0) is 14.6. The van der Waals surface area contributed by atoms with Gasteiger partial charge in [-0.25, -0.2) is 4.79 Å². The van der Waals surface area contributed by atoms with E-state index in [-0.39, 0.29) is 11.2 Å². The molecule has 0 spiro atoms. The number of methoxy groups -OCH3 is 1. The van der Waals surface area contributed by atoms with Gasteiger partial charge in [-0.1, -0.05) is 42.8 Å². The van der Waals surface area contributed by atoms with E-state index in [1.807, 2.05) is 13.0 Å². The number of esters is 1. The second kappa shape index (κ2) is 7.20. The van der Waals surface area contributed by atoms with E-state index in [0.717, 1.165) is 10.0 Å². The normalized spacial score (nSPS) is 14.2. The first-order valence-electron chi connectivity index (χ1n) is 6.10. The minimum atomic E-state index is -0.921. The lowest BCUT2D eigenvalue weighted by molar-refractivity contribution is 0.0600. The monoisotopic (exact) mass is 346 g/mol. The molecule has 0 aliphatic carbocycles. The average Bonchev–Trinajstić information content (AvgIpc) is 2.38. The molecular formula is C14H19BrO3S. The maximum atomic E-state index is 12.2. The summed E-state index contributed by atoms with van der Waals surface area (Å²) in [5, 5.41) is 0.146. The molecule has 0 heterocycles. The van der Waals surface area contributed by atoms with Gasteiger partial charge in [-0.3, -0.25) is 4.21 Å². The van der Waals surface area contributed by atoms with Crippen molar-refractivity contribution < 1.29 is 13.7 Å². The van der Waals surface area contributed by atoms with Crippen molar-refractivity contribution in [1.29, 1.82) is 0 Å². The molecule has 0 aliphatic heterocycles. The largest absolute Gasteiger partial charge is 0.465 e. The molecule has 0 saturated heterocycles. The van der Waals surface area contributed by atoms with E-state index in [2.05, 4.69) is 34.5 Å². The number of hydrogen-bond donors (Lipinski definition) is 0. The molecule has 0 bridgehead atoms. The van der Waals surface area contributed by atoms with Crippen LogP contribution >= 0.6 is 15.9 Å². The summed E-state index contributed by atoms with van der Waals surface area (Å²) in [6.45, 7) is 6.13. The van der Waals surface area contributed by atoms with Crippen molar-refractivity contribution in [2.24, 2.45) is 5.92 Å². The Kier molecular flexibility index (Phi) is 6.20. The highest BCUT2D eigenvalue weighted by Gasteiger charge is 2.17. The van der Waals surface area contributed by atoms with Crippen LogP contribution in [0.1, 0.15) is 36.7 Å². The lowest BCUT2D eigenvalue weighted by Crippen LogP contribution is -2.19. The predicted molar refractivity (Wildman–Crippen MR) is 81.6 cm³/mol. The van der Waals surface area contributed by atoms with E-state index in [9.17, 15) is 9.00 Å².